The highest BCUT2D eigenvalue weighted by Crippen LogP contribution is 2.35. The molecule has 2 unspecified atom stereocenters. The minimum Gasteiger partial charge on any atom is -0.388 e. The van der Waals surface area contributed by atoms with E-state index in [0.717, 1.165) is 18.8 Å². The summed E-state index contributed by atoms with van der Waals surface area (Å²) >= 11 is 0. The van der Waals surface area contributed by atoms with E-state index in [1.54, 1.807) is 0 Å². The van der Waals surface area contributed by atoms with Crippen LogP contribution >= 0.6 is 7.82 Å². The summed E-state index contributed by atoms with van der Waals surface area (Å²) in [6, 6.07) is 0. The lowest BCUT2D eigenvalue weighted by atomic mass is 9.96. The number of phosphoric acid groups is 1. The first kappa shape index (κ1) is 28.0. The first-order chi connectivity index (χ1) is 13.3. The van der Waals surface area contributed by atoms with E-state index in [9.17, 15) is 9.67 Å². The predicted octanol–water partition coefficient (Wildman–Crippen LogP) is 5.59. The van der Waals surface area contributed by atoms with E-state index in [0.29, 0.717) is 6.61 Å². The van der Waals surface area contributed by atoms with Gasteiger partial charge in [0.25, 0.3) is 0 Å². The number of hydrogen-bond acceptors (Lipinski definition) is 4. The third-order valence-electron chi connectivity index (χ3n) is 5.03. The molecule has 0 bridgehead atoms. The third kappa shape index (κ3) is 22.3. The fraction of sp³-hybridized carbons (Fsp3) is 1.00. The SMILES string of the molecule is CCCCCC(C)CCCCCCCCCCCOCC(O)COP(=O)(O)O. The highest BCUT2D eigenvalue weighted by molar-refractivity contribution is 7.46. The summed E-state index contributed by atoms with van der Waals surface area (Å²) in [6.45, 7) is 4.85. The molecule has 0 aromatic heterocycles. The summed E-state index contributed by atoms with van der Waals surface area (Å²) in [7, 11) is -4.52. The normalized spacial score (nSPS) is 14.3. The standard InChI is InChI=1S/C21H45O6P/c1-3-4-12-15-20(2)16-13-10-8-6-5-7-9-11-14-17-26-18-21(22)19-27-28(23,24)25/h20-22H,3-19H2,1-2H3,(H2,23,24,25). The molecule has 0 fully saturated rings. The van der Waals surface area contributed by atoms with E-state index in [2.05, 4.69) is 18.4 Å². The first-order valence-corrected chi connectivity index (χ1v) is 12.8. The molecule has 28 heavy (non-hydrogen) atoms. The van der Waals surface area contributed by atoms with Gasteiger partial charge in [-0.3, -0.25) is 4.52 Å². The van der Waals surface area contributed by atoms with Crippen LogP contribution in [0.4, 0.5) is 0 Å². The second-order valence-corrected chi connectivity index (χ2v) is 9.33. The second-order valence-electron chi connectivity index (χ2n) is 8.09. The molecular weight excluding hydrogens is 379 g/mol. The molecule has 170 valence electrons. The van der Waals surface area contributed by atoms with Gasteiger partial charge < -0.3 is 19.6 Å². The van der Waals surface area contributed by atoms with Gasteiger partial charge in [-0.25, -0.2) is 4.57 Å². The molecule has 0 rings (SSSR count). The molecule has 0 aromatic rings. The van der Waals surface area contributed by atoms with E-state index in [-0.39, 0.29) is 6.61 Å². The Labute approximate surface area is 172 Å². The van der Waals surface area contributed by atoms with Crippen molar-refractivity contribution in [1.29, 1.82) is 0 Å². The van der Waals surface area contributed by atoms with E-state index in [4.69, 9.17) is 14.5 Å². The van der Waals surface area contributed by atoms with E-state index >= 15 is 0 Å². The molecule has 0 amide bonds. The number of unbranched alkanes of at least 4 members (excludes halogenated alkanes) is 10. The van der Waals surface area contributed by atoms with Crippen molar-refractivity contribution >= 4 is 7.82 Å². The Morgan fingerprint density at radius 1 is 0.786 bits per heavy atom. The highest BCUT2D eigenvalue weighted by atomic mass is 31.2. The maximum atomic E-state index is 10.5. The fourth-order valence-electron chi connectivity index (χ4n) is 3.27. The van der Waals surface area contributed by atoms with Crippen LogP contribution in [0.25, 0.3) is 0 Å². The topological polar surface area (TPSA) is 96.2 Å². The van der Waals surface area contributed by atoms with Crippen LogP contribution in [-0.2, 0) is 13.8 Å². The molecule has 7 heteroatoms. The van der Waals surface area contributed by atoms with Gasteiger partial charge in [0.2, 0.25) is 0 Å². The van der Waals surface area contributed by atoms with Gasteiger partial charge in [0, 0.05) is 6.61 Å². The van der Waals surface area contributed by atoms with Gasteiger partial charge in [0.1, 0.15) is 6.10 Å². The van der Waals surface area contributed by atoms with Crippen molar-refractivity contribution in [1.82, 2.24) is 0 Å². The minimum atomic E-state index is -4.52. The largest absolute Gasteiger partial charge is 0.469 e. The number of phosphoric ester groups is 1. The molecule has 0 aromatic carbocycles. The number of aliphatic hydroxyl groups is 1. The van der Waals surface area contributed by atoms with Crippen molar-refractivity contribution < 1.29 is 28.7 Å². The second kappa shape index (κ2) is 19.0. The van der Waals surface area contributed by atoms with Crippen LogP contribution in [-0.4, -0.2) is 40.8 Å². The molecule has 0 spiro atoms. The van der Waals surface area contributed by atoms with Gasteiger partial charge in [-0.1, -0.05) is 97.3 Å². The van der Waals surface area contributed by atoms with Crippen LogP contribution in [0.5, 0.6) is 0 Å². The molecule has 0 aliphatic heterocycles. The van der Waals surface area contributed by atoms with E-state index < -0.39 is 20.5 Å². The Morgan fingerprint density at radius 2 is 1.29 bits per heavy atom. The van der Waals surface area contributed by atoms with Crippen molar-refractivity contribution in [2.45, 2.75) is 110 Å². The molecule has 0 saturated carbocycles. The lowest BCUT2D eigenvalue weighted by molar-refractivity contribution is 0.00476. The van der Waals surface area contributed by atoms with Gasteiger partial charge in [-0.15, -0.1) is 0 Å². The van der Waals surface area contributed by atoms with Crippen LogP contribution in [0.1, 0.15) is 104 Å². The molecule has 0 aliphatic rings. The zero-order valence-corrected chi connectivity index (χ0v) is 19.1. The van der Waals surface area contributed by atoms with Crippen LogP contribution in [0.15, 0.2) is 0 Å². The van der Waals surface area contributed by atoms with Crippen molar-refractivity contribution in [3.8, 4) is 0 Å². The molecule has 2 atom stereocenters. The van der Waals surface area contributed by atoms with Crippen LogP contribution in [0, 0.1) is 5.92 Å². The van der Waals surface area contributed by atoms with Crippen molar-refractivity contribution in [3.63, 3.8) is 0 Å². The number of aliphatic hydroxyl groups excluding tert-OH is 1. The number of rotatable bonds is 21. The van der Waals surface area contributed by atoms with E-state index in [1.807, 2.05) is 0 Å². The average molecular weight is 425 g/mol. The summed E-state index contributed by atoms with van der Waals surface area (Å²) in [5.74, 6) is 0.897. The average Bonchev–Trinajstić information content (AvgIpc) is 2.63. The smallest absolute Gasteiger partial charge is 0.388 e. The summed E-state index contributed by atoms with van der Waals surface area (Å²) < 4.78 is 20.0. The van der Waals surface area contributed by atoms with Crippen LogP contribution < -0.4 is 0 Å². The predicted molar refractivity (Wildman–Crippen MR) is 114 cm³/mol. The van der Waals surface area contributed by atoms with Crippen molar-refractivity contribution in [2.75, 3.05) is 19.8 Å². The zero-order valence-electron chi connectivity index (χ0n) is 18.2. The highest BCUT2D eigenvalue weighted by Gasteiger charge is 2.16. The van der Waals surface area contributed by atoms with Crippen molar-refractivity contribution in [2.24, 2.45) is 5.92 Å². The van der Waals surface area contributed by atoms with Crippen LogP contribution in [0.3, 0.4) is 0 Å². The van der Waals surface area contributed by atoms with Gasteiger partial charge in [-0.2, -0.15) is 0 Å². The lowest BCUT2D eigenvalue weighted by Crippen LogP contribution is -2.21. The summed E-state index contributed by atoms with van der Waals surface area (Å²) in [5, 5.41) is 9.46. The van der Waals surface area contributed by atoms with Gasteiger partial charge >= 0.3 is 7.82 Å². The maximum absolute atomic E-state index is 10.5. The maximum Gasteiger partial charge on any atom is 0.469 e. The molecule has 0 radical (unpaired) electrons. The summed E-state index contributed by atoms with van der Waals surface area (Å²) in [6.07, 6.45) is 17.2. The Hall–Kier alpha value is 0.0300. The third-order valence-corrected chi connectivity index (χ3v) is 5.52. The number of hydrogen-bond donors (Lipinski definition) is 3. The van der Waals surface area contributed by atoms with Gasteiger partial charge in [0.05, 0.1) is 13.2 Å². The molecule has 6 nitrogen and oxygen atoms in total. The molecular formula is C21H45O6P. The summed E-state index contributed by atoms with van der Waals surface area (Å²) in [5.41, 5.74) is 0. The monoisotopic (exact) mass is 424 g/mol. The number of ether oxygens (including phenoxy) is 1. The Bertz CT molecular complexity index is 374. The Morgan fingerprint density at radius 3 is 1.82 bits per heavy atom. The minimum absolute atomic E-state index is 0.0389. The summed E-state index contributed by atoms with van der Waals surface area (Å²) in [4.78, 5) is 17.1. The zero-order chi connectivity index (χ0) is 21.1. The van der Waals surface area contributed by atoms with E-state index in [1.165, 1.54) is 77.0 Å². The molecule has 0 aliphatic carbocycles. The Balaban J connectivity index is 3.22. The lowest BCUT2D eigenvalue weighted by Gasteiger charge is -2.12. The Kier molecular flexibility index (Phi) is 19.0. The molecule has 3 N–H and O–H groups in total. The van der Waals surface area contributed by atoms with Crippen LogP contribution in [0.2, 0.25) is 0 Å². The fourth-order valence-corrected chi connectivity index (χ4v) is 3.64. The quantitative estimate of drug-likeness (QED) is 0.164. The molecule has 0 heterocycles. The van der Waals surface area contributed by atoms with Gasteiger partial charge in [-0.05, 0) is 12.3 Å². The van der Waals surface area contributed by atoms with Gasteiger partial charge in [0.15, 0.2) is 0 Å². The molecule has 0 saturated heterocycles. The first-order valence-electron chi connectivity index (χ1n) is 11.3. The van der Waals surface area contributed by atoms with Crippen molar-refractivity contribution in [3.05, 3.63) is 0 Å².